The van der Waals surface area contributed by atoms with Crippen molar-refractivity contribution in [3.8, 4) is 17.0 Å². The van der Waals surface area contributed by atoms with Gasteiger partial charge in [0.15, 0.2) is 0 Å². The molecule has 0 saturated heterocycles. The summed E-state index contributed by atoms with van der Waals surface area (Å²) in [6.45, 7) is 12.7. The standard InChI is InChI=1S/C36H50N2O13S3/c1-21(2)30(38-20-37-19-31(38)23-7-9-24(39)10-8-23)13-6-22(3)26-11-12-27-25-16-32(49-52(40,41)42)29-17-33(50-53(43,44)45)34(51-54(46,47)48)18-36(29,5)28(25)14-15-35(26,27)4/h7-10,19-20,22,26-27,29-30,32-34,39H,1,6,11-18H2,2-5H3,(H,40,41,42)(H,43,44,45)(H,46,47,48). The lowest BCUT2D eigenvalue weighted by atomic mass is 9.49. The predicted octanol–water partition coefficient (Wildman–Crippen LogP) is 6.30. The van der Waals surface area contributed by atoms with Gasteiger partial charge in [-0.05, 0) is 123 Å². The molecule has 54 heavy (non-hydrogen) atoms. The van der Waals surface area contributed by atoms with E-state index in [1.807, 2.05) is 32.3 Å². The second-order valence-electron chi connectivity index (χ2n) is 16.3. The van der Waals surface area contributed by atoms with Crippen molar-refractivity contribution in [1.29, 1.82) is 0 Å². The van der Waals surface area contributed by atoms with E-state index in [0.29, 0.717) is 18.3 Å². The fourth-order valence-electron chi connectivity index (χ4n) is 10.9. The minimum absolute atomic E-state index is 0.0178. The number of imidazole rings is 1. The van der Waals surface area contributed by atoms with Gasteiger partial charge in [0, 0.05) is 5.56 Å². The molecule has 2 fully saturated rings. The third-order valence-corrected chi connectivity index (χ3v) is 14.6. The molecule has 0 aliphatic heterocycles. The summed E-state index contributed by atoms with van der Waals surface area (Å²) in [6.07, 6.45) is 3.76. The van der Waals surface area contributed by atoms with E-state index in [-0.39, 0.29) is 42.4 Å². The highest BCUT2D eigenvalue weighted by Gasteiger charge is 2.61. The molecule has 0 amide bonds. The van der Waals surface area contributed by atoms with Crippen LogP contribution in [0.5, 0.6) is 5.75 Å². The maximum Gasteiger partial charge on any atom is 0.397 e. The van der Waals surface area contributed by atoms with Gasteiger partial charge in [0.05, 0.1) is 30.4 Å². The summed E-state index contributed by atoms with van der Waals surface area (Å²) < 4.78 is 118. The number of aromatic nitrogens is 2. The second-order valence-corrected chi connectivity index (χ2v) is 19.4. The van der Waals surface area contributed by atoms with E-state index >= 15 is 0 Å². The molecule has 10 atom stereocenters. The van der Waals surface area contributed by atoms with Gasteiger partial charge in [0.2, 0.25) is 0 Å². The van der Waals surface area contributed by atoms with Crippen LogP contribution in [0, 0.1) is 34.5 Å². The average molecular weight is 815 g/mol. The summed E-state index contributed by atoms with van der Waals surface area (Å²) in [5, 5.41) is 9.81. The highest BCUT2D eigenvalue weighted by atomic mass is 32.3. The normalized spacial score (nSPS) is 32.7. The van der Waals surface area contributed by atoms with Crippen LogP contribution in [0.1, 0.15) is 91.5 Å². The van der Waals surface area contributed by atoms with Gasteiger partial charge in [-0.3, -0.25) is 13.7 Å². The molecule has 1 aromatic carbocycles. The van der Waals surface area contributed by atoms with Gasteiger partial charge in [-0.1, -0.05) is 44.1 Å². The van der Waals surface area contributed by atoms with Crippen molar-refractivity contribution < 1.29 is 56.6 Å². The number of phenolic OH excluding ortho intramolecular Hbond substituents is 1. The quantitative estimate of drug-likeness (QED) is 0.129. The second kappa shape index (κ2) is 14.7. The van der Waals surface area contributed by atoms with Crippen molar-refractivity contribution >= 4 is 31.2 Å². The van der Waals surface area contributed by atoms with Crippen LogP contribution < -0.4 is 0 Å². The molecule has 0 radical (unpaired) electrons. The van der Waals surface area contributed by atoms with E-state index in [0.717, 1.165) is 60.1 Å². The first-order valence-corrected chi connectivity index (χ1v) is 22.2. The average Bonchev–Trinajstić information content (AvgIpc) is 3.65. The molecule has 4 N–H and O–H groups in total. The van der Waals surface area contributed by atoms with E-state index in [4.69, 9.17) is 12.5 Å². The Kier molecular flexibility index (Phi) is 11.1. The molecule has 2 aromatic rings. The van der Waals surface area contributed by atoms with Gasteiger partial charge in [-0.25, -0.2) is 17.5 Å². The van der Waals surface area contributed by atoms with Crippen LogP contribution in [0.25, 0.3) is 11.3 Å². The molecule has 0 spiro atoms. The van der Waals surface area contributed by atoms with Gasteiger partial charge < -0.3 is 9.67 Å². The van der Waals surface area contributed by atoms with Crippen molar-refractivity contribution in [1.82, 2.24) is 9.55 Å². The molecule has 4 aliphatic rings. The maximum absolute atomic E-state index is 12.2. The van der Waals surface area contributed by atoms with Crippen molar-refractivity contribution in [2.24, 2.45) is 34.5 Å². The van der Waals surface area contributed by atoms with Crippen molar-refractivity contribution in [2.75, 3.05) is 0 Å². The minimum atomic E-state index is -5.12. The van der Waals surface area contributed by atoms with Gasteiger partial charge in [0.25, 0.3) is 0 Å². The van der Waals surface area contributed by atoms with Gasteiger partial charge in [-0.2, -0.15) is 25.3 Å². The summed E-state index contributed by atoms with van der Waals surface area (Å²) >= 11 is 0. The molecule has 1 heterocycles. The monoisotopic (exact) mass is 814 g/mol. The molecule has 15 nitrogen and oxygen atoms in total. The Balaban J connectivity index is 1.28. The number of hydrogen-bond donors (Lipinski definition) is 4. The number of benzene rings is 1. The van der Waals surface area contributed by atoms with Crippen LogP contribution >= 0.6 is 0 Å². The number of hydrogen-bond acceptors (Lipinski definition) is 11. The molecule has 10 unspecified atom stereocenters. The van der Waals surface area contributed by atoms with E-state index in [1.54, 1.807) is 18.3 Å². The van der Waals surface area contributed by atoms with Crippen molar-refractivity contribution in [2.45, 2.75) is 110 Å². The number of phenols is 1. The summed E-state index contributed by atoms with van der Waals surface area (Å²) in [6, 6.07) is 6.98. The highest BCUT2D eigenvalue weighted by Crippen LogP contribution is 2.66. The zero-order valence-electron chi connectivity index (χ0n) is 30.7. The van der Waals surface area contributed by atoms with Crippen LogP contribution in [0.15, 0.2) is 60.1 Å². The van der Waals surface area contributed by atoms with Crippen LogP contribution in [0.2, 0.25) is 0 Å². The lowest BCUT2D eigenvalue weighted by Gasteiger charge is -2.57. The number of rotatable bonds is 13. The van der Waals surface area contributed by atoms with Crippen molar-refractivity contribution in [3.05, 3.63) is 60.1 Å². The Hall–Kier alpha value is -2.68. The lowest BCUT2D eigenvalue weighted by Crippen LogP contribution is -2.56. The molecule has 2 saturated carbocycles. The SMILES string of the molecule is C=C(C)C(CCC(C)C1CCC2C3=C(CCC21C)C1(C)CC(OS(=O)(=O)O)C(OS(=O)(=O)O)CC1C(OS(=O)(=O)O)C3)n1cncc1-c1ccc(O)cc1. The highest BCUT2D eigenvalue weighted by molar-refractivity contribution is 7.81. The predicted molar refractivity (Wildman–Crippen MR) is 197 cm³/mol. The van der Waals surface area contributed by atoms with Crippen molar-refractivity contribution in [3.63, 3.8) is 0 Å². The first-order chi connectivity index (χ1) is 25.0. The molecule has 1 aromatic heterocycles. The van der Waals surface area contributed by atoms with E-state index < -0.39 is 60.8 Å². The Bertz CT molecular complexity index is 2120. The first-order valence-electron chi connectivity index (χ1n) is 18.1. The Morgan fingerprint density at radius 3 is 2.17 bits per heavy atom. The first kappa shape index (κ1) is 41.0. The molecule has 18 heteroatoms. The minimum Gasteiger partial charge on any atom is -0.508 e. The molecule has 0 bridgehead atoms. The van der Waals surface area contributed by atoms with E-state index in [2.05, 4.69) is 30.0 Å². The fraction of sp³-hybridized carbons (Fsp3) is 0.639. The van der Waals surface area contributed by atoms with Crippen LogP contribution in [-0.4, -0.2) is 71.9 Å². The molecular formula is C36H50N2O13S3. The maximum atomic E-state index is 12.2. The number of aromatic hydroxyl groups is 1. The van der Waals surface area contributed by atoms with E-state index in [9.17, 15) is 44.0 Å². The van der Waals surface area contributed by atoms with E-state index in [1.165, 1.54) is 0 Å². The number of allylic oxidation sites excluding steroid dienone is 2. The fourth-order valence-corrected chi connectivity index (χ4v) is 12.4. The topological polar surface area (TPSA) is 229 Å². The summed E-state index contributed by atoms with van der Waals surface area (Å²) in [4.78, 5) is 4.43. The lowest BCUT2D eigenvalue weighted by molar-refractivity contribution is -0.0872. The molecule has 300 valence electrons. The zero-order chi connectivity index (χ0) is 39.6. The summed E-state index contributed by atoms with van der Waals surface area (Å²) in [5.41, 5.74) is 3.63. The number of fused-ring (bicyclic) bond motifs is 4. The van der Waals surface area contributed by atoms with Gasteiger partial charge in [0.1, 0.15) is 18.0 Å². The van der Waals surface area contributed by atoms with Crippen LogP contribution in [0.3, 0.4) is 0 Å². The zero-order valence-corrected chi connectivity index (χ0v) is 33.2. The Morgan fingerprint density at radius 1 is 0.944 bits per heavy atom. The van der Waals surface area contributed by atoms with Gasteiger partial charge >= 0.3 is 31.2 Å². The summed E-state index contributed by atoms with van der Waals surface area (Å²) in [7, 11) is -15.2. The smallest absolute Gasteiger partial charge is 0.397 e. The Labute approximate surface area is 317 Å². The Morgan fingerprint density at radius 2 is 1.56 bits per heavy atom. The molecule has 6 rings (SSSR count). The third-order valence-electron chi connectivity index (χ3n) is 13.1. The number of nitrogens with zero attached hydrogens (tertiary/aromatic N) is 2. The van der Waals surface area contributed by atoms with Crippen LogP contribution in [-0.2, 0) is 43.7 Å². The summed E-state index contributed by atoms with van der Waals surface area (Å²) in [5.74, 6) is 0.0177. The molecule has 4 aliphatic carbocycles. The largest absolute Gasteiger partial charge is 0.508 e. The molecular weight excluding hydrogens is 765 g/mol. The van der Waals surface area contributed by atoms with Crippen LogP contribution in [0.4, 0.5) is 0 Å². The third kappa shape index (κ3) is 8.37. The van der Waals surface area contributed by atoms with Gasteiger partial charge in [-0.15, -0.1) is 0 Å².